The van der Waals surface area contributed by atoms with Gasteiger partial charge >= 0.3 is 0 Å². The Bertz CT molecular complexity index is 1450. The molecule has 5 amide bonds. The number of fused-ring (bicyclic) bond motifs is 1. The molecule has 2 aromatic rings. The van der Waals surface area contributed by atoms with E-state index in [0.29, 0.717) is 31.7 Å². The van der Waals surface area contributed by atoms with Crippen LogP contribution < -0.4 is 10.6 Å². The van der Waals surface area contributed by atoms with Crippen LogP contribution in [0.1, 0.15) is 71.3 Å². The molecule has 6 rings (SSSR count). The van der Waals surface area contributed by atoms with Gasteiger partial charge in [0, 0.05) is 43.5 Å². The van der Waals surface area contributed by atoms with Crippen LogP contribution in [0.2, 0.25) is 0 Å². The fourth-order valence-electron chi connectivity index (χ4n) is 5.84. The van der Waals surface area contributed by atoms with E-state index in [0.717, 1.165) is 23.3 Å². The van der Waals surface area contributed by atoms with Crippen LogP contribution >= 0.6 is 23.2 Å². The minimum atomic E-state index is -1.02. The standard InChI is InChI=1S/C27H28Cl2N6O5/c1-26(14-27(26,28)29)25(40)33-9-7-16(8-10-33)34-13-15(12-31-34)11-30-18-4-2-3-17-21(18)24(39)35(23(17)38)19-5-6-20(36)32-22(19)37/h2-4,12-13,16,19,30H,5-11,14H2,1H3,(H,32,36,37). The van der Waals surface area contributed by atoms with E-state index in [9.17, 15) is 24.0 Å². The Morgan fingerprint density at radius 2 is 1.85 bits per heavy atom. The largest absolute Gasteiger partial charge is 0.380 e. The van der Waals surface area contributed by atoms with E-state index < -0.39 is 39.4 Å². The number of amides is 5. The molecule has 210 valence electrons. The number of anilines is 1. The van der Waals surface area contributed by atoms with Crippen LogP contribution in [0.15, 0.2) is 30.6 Å². The molecule has 3 fully saturated rings. The summed E-state index contributed by atoms with van der Waals surface area (Å²) < 4.78 is 0.921. The van der Waals surface area contributed by atoms with E-state index in [4.69, 9.17) is 23.2 Å². The van der Waals surface area contributed by atoms with Crippen LogP contribution in [-0.2, 0) is 20.9 Å². The Morgan fingerprint density at radius 1 is 1.12 bits per heavy atom. The van der Waals surface area contributed by atoms with Crippen LogP contribution in [-0.4, -0.2) is 72.6 Å². The molecule has 3 aliphatic heterocycles. The summed E-state index contributed by atoms with van der Waals surface area (Å²) in [5, 5.41) is 9.97. The number of carbonyl (C=O) groups excluding carboxylic acids is 5. The molecule has 0 spiro atoms. The molecule has 0 bridgehead atoms. The molecule has 2 saturated heterocycles. The maximum Gasteiger partial charge on any atom is 0.264 e. The number of rotatable bonds is 6. The summed E-state index contributed by atoms with van der Waals surface area (Å²) in [4.78, 5) is 65.9. The van der Waals surface area contributed by atoms with E-state index >= 15 is 0 Å². The smallest absolute Gasteiger partial charge is 0.264 e. The third-order valence-electron chi connectivity index (χ3n) is 8.46. The molecule has 2 N–H and O–H groups in total. The Kier molecular flexibility index (Phi) is 6.42. The highest BCUT2D eigenvalue weighted by molar-refractivity contribution is 6.53. The number of likely N-dealkylation sites (tertiary alicyclic amines) is 1. The fourth-order valence-corrected chi connectivity index (χ4v) is 6.54. The third-order valence-corrected chi connectivity index (χ3v) is 9.56. The Labute approximate surface area is 240 Å². The topological polar surface area (TPSA) is 134 Å². The molecule has 13 heteroatoms. The molecule has 4 heterocycles. The van der Waals surface area contributed by atoms with Gasteiger partial charge in [-0.15, -0.1) is 23.2 Å². The monoisotopic (exact) mass is 586 g/mol. The van der Waals surface area contributed by atoms with Crippen molar-refractivity contribution in [3.05, 3.63) is 47.3 Å². The third kappa shape index (κ3) is 4.35. The number of aromatic nitrogens is 2. The summed E-state index contributed by atoms with van der Waals surface area (Å²) >= 11 is 12.4. The minimum absolute atomic E-state index is 0.000830. The van der Waals surface area contributed by atoms with Crippen molar-refractivity contribution in [2.75, 3.05) is 18.4 Å². The first-order valence-electron chi connectivity index (χ1n) is 13.3. The van der Waals surface area contributed by atoms with E-state index in [1.165, 1.54) is 0 Å². The summed E-state index contributed by atoms with van der Waals surface area (Å²) in [6, 6.07) is 4.08. The number of halogens is 2. The Hall–Kier alpha value is -3.44. The lowest BCUT2D eigenvalue weighted by Crippen LogP contribution is -2.54. The van der Waals surface area contributed by atoms with Gasteiger partial charge in [-0.1, -0.05) is 6.07 Å². The van der Waals surface area contributed by atoms with Crippen LogP contribution in [0, 0.1) is 5.41 Å². The van der Waals surface area contributed by atoms with E-state index in [1.54, 1.807) is 24.4 Å². The second kappa shape index (κ2) is 9.59. The zero-order chi connectivity index (χ0) is 28.4. The van der Waals surface area contributed by atoms with Gasteiger partial charge in [0.15, 0.2) is 0 Å². The molecule has 2 unspecified atom stereocenters. The highest BCUT2D eigenvalue weighted by atomic mass is 35.5. The van der Waals surface area contributed by atoms with Crippen molar-refractivity contribution in [3.8, 4) is 0 Å². The maximum atomic E-state index is 13.3. The van der Waals surface area contributed by atoms with Gasteiger partial charge in [0.05, 0.1) is 28.8 Å². The summed E-state index contributed by atoms with van der Waals surface area (Å²) in [5.41, 5.74) is 1.08. The maximum absolute atomic E-state index is 13.3. The van der Waals surface area contributed by atoms with E-state index in [-0.39, 0.29) is 35.9 Å². The molecule has 4 aliphatic rings. The molecular formula is C27H28Cl2N6O5. The number of alkyl halides is 2. The van der Waals surface area contributed by atoms with Crippen molar-refractivity contribution < 1.29 is 24.0 Å². The summed E-state index contributed by atoms with van der Waals surface area (Å²) in [7, 11) is 0. The van der Waals surface area contributed by atoms with Crippen molar-refractivity contribution in [2.24, 2.45) is 5.41 Å². The van der Waals surface area contributed by atoms with Crippen molar-refractivity contribution in [1.29, 1.82) is 0 Å². The number of benzene rings is 1. The molecule has 1 aromatic heterocycles. The normalized spacial score (nSPS) is 26.1. The number of hydrogen-bond donors (Lipinski definition) is 2. The molecule has 2 atom stereocenters. The van der Waals surface area contributed by atoms with Crippen molar-refractivity contribution >= 4 is 58.4 Å². The van der Waals surface area contributed by atoms with Gasteiger partial charge in [-0.3, -0.25) is 38.9 Å². The van der Waals surface area contributed by atoms with Gasteiger partial charge in [0.1, 0.15) is 10.4 Å². The zero-order valence-electron chi connectivity index (χ0n) is 21.8. The highest BCUT2D eigenvalue weighted by Gasteiger charge is 2.68. The number of carbonyl (C=O) groups is 5. The molecular weight excluding hydrogens is 559 g/mol. The van der Waals surface area contributed by atoms with E-state index in [1.807, 2.05) is 22.7 Å². The minimum Gasteiger partial charge on any atom is -0.380 e. The van der Waals surface area contributed by atoms with Gasteiger partial charge in [0.25, 0.3) is 11.8 Å². The Balaban J connectivity index is 1.09. The second-order valence-electron chi connectivity index (χ2n) is 11.1. The number of nitrogens with zero attached hydrogens (tertiary/aromatic N) is 4. The first-order valence-corrected chi connectivity index (χ1v) is 14.0. The zero-order valence-corrected chi connectivity index (χ0v) is 23.3. The molecule has 1 aliphatic carbocycles. The summed E-state index contributed by atoms with van der Waals surface area (Å²) in [5.74, 6) is -2.16. The van der Waals surface area contributed by atoms with E-state index in [2.05, 4.69) is 15.7 Å². The van der Waals surface area contributed by atoms with Gasteiger partial charge in [-0.25, -0.2) is 0 Å². The van der Waals surface area contributed by atoms with Gasteiger partial charge in [-0.05, 0) is 44.7 Å². The molecule has 11 nitrogen and oxygen atoms in total. The highest BCUT2D eigenvalue weighted by Crippen LogP contribution is 2.64. The molecule has 1 aromatic carbocycles. The number of imide groups is 2. The van der Waals surface area contributed by atoms with Crippen LogP contribution in [0.4, 0.5) is 5.69 Å². The average Bonchev–Trinajstić information content (AvgIpc) is 3.22. The lowest BCUT2D eigenvalue weighted by molar-refractivity contribution is -0.138. The molecule has 1 saturated carbocycles. The SMILES string of the molecule is CC1(C(=O)N2CCC(n3cc(CNc4cccc5c4C(=O)N(C4CCC(=O)NC4=O)C5=O)cn3)CC2)CC1(Cl)Cl. The van der Waals surface area contributed by atoms with Crippen molar-refractivity contribution in [1.82, 2.24) is 24.9 Å². The molecule has 40 heavy (non-hydrogen) atoms. The van der Waals surface area contributed by atoms with Crippen molar-refractivity contribution in [3.63, 3.8) is 0 Å². The van der Waals surface area contributed by atoms with Crippen LogP contribution in [0.5, 0.6) is 0 Å². The van der Waals surface area contributed by atoms with Crippen molar-refractivity contribution in [2.45, 2.75) is 62.0 Å². The predicted octanol–water partition coefficient (Wildman–Crippen LogP) is 2.64. The number of hydrogen-bond acceptors (Lipinski definition) is 7. The summed E-state index contributed by atoms with van der Waals surface area (Å²) in [6.45, 7) is 3.38. The van der Waals surface area contributed by atoms with Gasteiger partial charge in [-0.2, -0.15) is 5.10 Å². The predicted molar refractivity (Wildman–Crippen MR) is 145 cm³/mol. The lowest BCUT2D eigenvalue weighted by atomic mass is 10.0. The fraction of sp³-hybridized carbons (Fsp3) is 0.481. The van der Waals surface area contributed by atoms with Gasteiger partial charge in [0.2, 0.25) is 17.7 Å². The van der Waals surface area contributed by atoms with Crippen LogP contribution in [0.3, 0.4) is 0 Å². The first kappa shape index (κ1) is 26.8. The Morgan fingerprint density at radius 3 is 2.52 bits per heavy atom. The lowest BCUT2D eigenvalue weighted by Gasteiger charge is -2.34. The summed E-state index contributed by atoms with van der Waals surface area (Å²) in [6.07, 6.45) is 5.83. The first-order chi connectivity index (χ1) is 19.0. The average molecular weight is 587 g/mol. The van der Waals surface area contributed by atoms with Gasteiger partial charge < -0.3 is 10.2 Å². The second-order valence-corrected chi connectivity index (χ2v) is 12.6. The quantitative estimate of drug-likeness (QED) is 0.392. The van der Waals surface area contributed by atoms with Crippen LogP contribution in [0.25, 0.3) is 0 Å². The number of nitrogens with one attached hydrogen (secondary N) is 2. The molecule has 0 radical (unpaired) electrons. The number of piperidine rings is 2.